The molecule has 0 radical (unpaired) electrons. The van der Waals surface area contributed by atoms with Crippen molar-refractivity contribution in [2.75, 3.05) is 17.7 Å². The lowest BCUT2D eigenvalue weighted by molar-refractivity contribution is 0.102. The van der Waals surface area contributed by atoms with Crippen LogP contribution < -0.4 is 15.4 Å². The second-order valence-corrected chi connectivity index (χ2v) is 8.53. The fourth-order valence-corrected chi connectivity index (χ4v) is 4.89. The van der Waals surface area contributed by atoms with Crippen LogP contribution in [0.3, 0.4) is 0 Å². The summed E-state index contributed by atoms with van der Waals surface area (Å²) in [6, 6.07) is 19.3. The standard InChI is InChI=1S/C27H26N2O3/c1-16-5-3-6-18(13-16)27(31)28-19-10-11-23-22(15-19)20-7-4-8-21(20)26(29-23)17-9-12-25(32-2)24(30)14-17/h3-7,9-15,20-21,26,29-30H,8H2,1-2H3,(H,28,31). The molecule has 0 saturated heterocycles. The normalized spacial score (nSPS) is 20.8. The fourth-order valence-electron chi connectivity index (χ4n) is 4.89. The summed E-state index contributed by atoms with van der Waals surface area (Å²) in [5.74, 6) is 1.09. The zero-order valence-corrected chi connectivity index (χ0v) is 18.1. The summed E-state index contributed by atoms with van der Waals surface area (Å²) in [7, 11) is 1.55. The zero-order chi connectivity index (χ0) is 22.2. The molecule has 162 valence electrons. The van der Waals surface area contributed by atoms with E-state index in [9.17, 15) is 9.90 Å². The number of allylic oxidation sites excluding steroid dienone is 2. The smallest absolute Gasteiger partial charge is 0.255 e. The van der Waals surface area contributed by atoms with Gasteiger partial charge < -0.3 is 20.5 Å². The number of amides is 1. The maximum absolute atomic E-state index is 12.7. The number of anilines is 2. The van der Waals surface area contributed by atoms with Gasteiger partial charge in [-0.1, -0.05) is 35.9 Å². The predicted octanol–water partition coefficient (Wildman–Crippen LogP) is 5.79. The average Bonchev–Trinajstić information content (AvgIpc) is 3.29. The summed E-state index contributed by atoms with van der Waals surface area (Å²) in [5, 5.41) is 17.0. The Hall–Kier alpha value is -3.73. The molecule has 5 nitrogen and oxygen atoms in total. The number of nitrogens with one attached hydrogen (secondary N) is 2. The fraction of sp³-hybridized carbons (Fsp3) is 0.222. The van der Waals surface area contributed by atoms with Crippen molar-refractivity contribution in [1.82, 2.24) is 0 Å². The molecular weight excluding hydrogens is 400 g/mol. The minimum Gasteiger partial charge on any atom is -0.504 e. The van der Waals surface area contributed by atoms with Crippen molar-refractivity contribution in [3.8, 4) is 11.5 Å². The molecule has 1 aliphatic heterocycles. The van der Waals surface area contributed by atoms with Gasteiger partial charge in [0.15, 0.2) is 11.5 Å². The molecule has 3 aromatic rings. The minimum absolute atomic E-state index is 0.0760. The number of hydrogen-bond acceptors (Lipinski definition) is 4. The number of phenols is 1. The lowest BCUT2D eigenvalue weighted by atomic mass is 9.77. The van der Waals surface area contributed by atoms with E-state index in [0.29, 0.717) is 17.2 Å². The van der Waals surface area contributed by atoms with E-state index in [0.717, 1.165) is 28.9 Å². The molecule has 1 aliphatic carbocycles. The maximum Gasteiger partial charge on any atom is 0.255 e. The molecule has 0 bridgehead atoms. The van der Waals surface area contributed by atoms with E-state index in [1.165, 1.54) is 5.56 Å². The number of methoxy groups -OCH3 is 1. The number of phenolic OH excluding ortho intramolecular Hbond substituents is 1. The monoisotopic (exact) mass is 426 g/mol. The van der Waals surface area contributed by atoms with Gasteiger partial charge in [0.1, 0.15) is 0 Å². The van der Waals surface area contributed by atoms with Crippen molar-refractivity contribution in [3.05, 3.63) is 95.1 Å². The molecule has 0 fully saturated rings. The summed E-state index contributed by atoms with van der Waals surface area (Å²) >= 11 is 0. The van der Waals surface area contributed by atoms with Gasteiger partial charge in [0.2, 0.25) is 0 Å². The first-order valence-electron chi connectivity index (χ1n) is 10.9. The molecule has 0 aromatic heterocycles. The van der Waals surface area contributed by atoms with Crippen LogP contribution in [-0.2, 0) is 0 Å². The van der Waals surface area contributed by atoms with Crippen molar-refractivity contribution in [2.45, 2.75) is 25.3 Å². The third kappa shape index (κ3) is 3.60. The highest BCUT2D eigenvalue weighted by Gasteiger charge is 2.38. The first-order chi connectivity index (χ1) is 15.5. The van der Waals surface area contributed by atoms with Gasteiger partial charge in [-0.2, -0.15) is 0 Å². The number of fused-ring (bicyclic) bond motifs is 3. The van der Waals surface area contributed by atoms with Crippen LogP contribution in [-0.4, -0.2) is 18.1 Å². The summed E-state index contributed by atoms with van der Waals surface area (Å²) in [6.45, 7) is 1.98. The Labute approximate surface area is 187 Å². The van der Waals surface area contributed by atoms with E-state index < -0.39 is 0 Å². The third-order valence-electron chi connectivity index (χ3n) is 6.46. The molecule has 1 amide bonds. The average molecular weight is 427 g/mol. The van der Waals surface area contributed by atoms with Crippen molar-refractivity contribution < 1.29 is 14.6 Å². The van der Waals surface area contributed by atoms with Crippen LogP contribution >= 0.6 is 0 Å². The number of carbonyl (C=O) groups is 1. The molecule has 3 unspecified atom stereocenters. The van der Waals surface area contributed by atoms with Crippen molar-refractivity contribution in [2.24, 2.45) is 5.92 Å². The Morgan fingerprint density at radius 3 is 2.78 bits per heavy atom. The molecule has 5 heteroatoms. The predicted molar refractivity (Wildman–Crippen MR) is 127 cm³/mol. The third-order valence-corrected chi connectivity index (χ3v) is 6.46. The second-order valence-electron chi connectivity index (χ2n) is 8.53. The molecule has 3 atom stereocenters. The number of benzene rings is 3. The largest absolute Gasteiger partial charge is 0.504 e. The highest BCUT2D eigenvalue weighted by atomic mass is 16.5. The highest BCUT2D eigenvalue weighted by Crippen LogP contribution is 2.51. The van der Waals surface area contributed by atoms with E-state index >= 15 is 0 Å². The van der Waals surface area contributed by atoms with Crippen molar-refractivity contribution in [1.29, 1.82) is 0 Å². The first kappa shape index (κ1) is 20.2. The van der Waals surface area contributed by atoms with Gasteiger partial charge in [-0.3, -0.25) is 4.79 Å². The Kier molecular flexibility index (Phi) is 5.10. The van der Waals surface area contributed by atoms with E-state index in [4.69, 9.17) is 4.74 Å². The number of aryl methyl sites for hydroxylation is 1. The number of aromatic hydroxyl groups is 1. The van der Waals surface area contributed by atoms with E-state index in [1.807, 2.05) is 55.5 Å². The van der Waals surface area contributed by atoms with Crippen LogP contribution in [0.25, 0.3) is 0 Å². The Balaban J connectivity index is 1.43. The Bertz CT molecular complexity index is 1220. The summed E-state index contributed by atoms with van der Waals surface area (Å²) in [4.78, 5) is 12.7. The first-order valence-corrected chi connectivity index (χ1v) is 10.9. The van der Waals surface area contributed by atoms with Gasteiger partial charge in [-0.25, -0.2) is 0 Å². The van der Waals surface area contributed by atoms with Gasteiger partial charge in [-0.05, 0) is 72.9 Å². The number of ether oxygens (including phenoxy) is 1. The Morgan fingerprint density at radius 1 is 1.12 bits per heavy atom. The molecule has 0 saturated carbocycles. The molecule has 5 rings (SSSR count). The minimum atomic E-state index is -0.109. The van der Waals surface area contributed by atoms with Crippen LogP contribution in [0.5, 0.6) is 11.5 Å². The molecular formula is C27H26N2O3. The maximum atomic E-state index is 12.7. The number of carbonyl (C=O) groups excluding carboxylic acids is 1. The van der Waals surface area contributed by atoms with Crippen molar-refractivity contribution >= 4 is 17.3 Å². The van der Waals surface area contributed by atoms with Crippen LogP contribution in [0.4, 0.5) is 11.4 Å². The zero-order valence-electron chi connectivity index (χ0n) is 18.1. The molecule has 2 aliphatic rings. The highest BCUT2D eigenvalue weighted by molar-refractivity contribution is 6.04. The summed E-state index contributed by atoms with van der Waals surface area (Å²) in [5.41, 5.74) is 5.76. The van der Waals surface area contributed by atoms with E-state index in [-0.39, 0.29) is 23.6 Å². The molecule has 3 aromatic carbocycles. The second kappa shape index (κ2) is 8.08. The molecule has 3 N–H and O–H groups in total. The van der Waals surface area contributed by atoms with Crippen LogP contribution in [0.2, 0.25) is 0 Å². The lowest BCUT2D eigenvalue weighted by Crippen LogP contribution is -2.29. The van der Waals surface area contributed by atoms with Crippen LogP contribution in [0.15, 0.2) is 72.8 Å². The van der Waals surface area contributed by atoms with Gasteiger partial charge in [0.05, 0.1) is 13.2 Å². The molecule has 1 heterocycles. The topological polar surface area (TPSA) is 70.6 Å². The summed E-state index contributed by atoms with van der Waals surface area (Å²) < 4.78 is 5.20. The van der Waals surface area contributed by atoms with E-state index in [1.54, 1.807) is 13.2 Å². The van der Waals surface area contributed by atoms with Gasteiger partial charge in [-0.15, -0.1) is 0 Å². The van der Waals surface area contributed by atoms with Crippen LogP contribution in [0, 0.1) is 12.8 Å². The van der Waals surface area contributed by atoms with Crippen LogP contribution in [0.1, 0.15) is 45.4 Å². The van der Waals surface area contributed by atoms with Crippen molar-refractivity contribution in [3.63, 3.8) is 0 Å². The van der Waals surface area contributed by atoms with E-state index in [2.05, 4.69) is 28.9 Å². The van der Waals surface area contributed by atoms with Gasteiger partial charge >= 0.3 is 0 Å². The SMILES string of the molecule is COc1ccc(C2Nc3ccc(NC(=O)c4cccc(C)c4)cc3C3C=CCC32)cc1O. The molecule has 32 heavy (non-hydrogen) atoms. The summed E-state index contributed by atoms with van der Waals surface area (Å²) in [6.07, 6.45) is 5.43. The Morgan fingerprint density at radius 2 is 2.00 bits per heavy atom. The van der Waals surface area contributed by atoms with Gasteiger partial charge in [0, 0.05) is 22.9 Å². The number of hydrogen-bond donors (Lipinski definition) is 3. The molecule has 0 spiro atoms. The van der Waals surface area contributed by atoms with Gasteiger partial charge in [0.25, 0.3) is 5.91 Å². The lowest BCUT2D eigenvalue weighted by Gasteiger charge is -2.37. The number of rotatable bonds is 4. The quantitative estimate of drug-likeness (QED) is 0.462.